The molecule has 0 bridgehead atoms. The lowest BCUT2D eigenvalue weighted by atomic mass is 9.87. The minimum atomic E-state index is 0.324. The summed E-state index contributed by atoms with van der Waals surface area (Å²) in [5.74, 6) is 1.64. The predicted molar refractivity (Wildman–Crippen MR) is 83.3 cm³/mol. The van der Waals surface area contributed by atoms with E-state index in [1.165, 1.54) is 17.5 Å². The Morgan fingerprint density at radius 2 is 2.30 bits per heavy atom. The molecule has 3 nitrogen and oxygen atoms in total. The second-order valence-corrected chi connectivity index (χ2v) is 6.51. The second kappa shape index (κ2) is 6.46. The standard InChI is InChI=1S/C16H22BrNO2/c1-2-18-15(12-4-3-6-19-10-12)14-9-13(17)8-11-5-7-20-16(11)14/h8-9,12,15,18H,2-7,10H2,1H3. The minimum Gasteiger partial charge on any atom is -0.493 e. The molecule has 2 heterocycles. The number of halogens is 1. The van der Waals surface area contributed by atoms with Crippen molar-refractivity contribution in [3.05, 3.63) is 27.7 Å². The van der Waals surface area contributed by atoms with Crippen LogP contribution in [0.2, 0.25) is 0 Å². The molecular weight excluding hydrogens is 318 g/mol. The summed E-state index contributed by atoms with van der Waals surface area (Å²) in [7, 11) is 0. The molecular formula is C16H22BrNO2. The summed E-state index contributed by atoms with van der Waals surface area (Å²) in [6.07, 6.45) is 3.39. The van der Waals surface area contributed by atoms with Crippen LogP contribution in [-0.4, -0.2) is 26.4 Å². The third-order valence-corrected chi connectivity index (χ3v) is 4.66. The monoisotopic (exact) mass is 339 g/mol. The van der Waals surface area contributed by atoms with Crippen LogP contribution in [0.25, 0.3) is 0 Å². The molecule has 2 atom stereocenters. The number of hydrogen-bond acceptors (Lipinski definition) is 3. The van der Waals surface area contributed by atoms with Crippen LogP contribution < -0.4 is 10.1 Å². The van der Waals surface area contributed by atoms with E-state index in [2.05, 4.69) is 40.3 Å². The molecule has 2 unspecified atom stereocenters. The molecule has 0 amide bonds. The molecule has 1 aromatic rings. The largest absolute Gasteiger partial charge is 0.493 e. The van der Waals surface area contributed by atoms with Crippen LogP contribution in [0, 0.1) is 5.92 Å². The highest BCUT2D eigenvalue weighted by Crippen LogP contribution is 2.40. The average Bonchev–Trinajstić information content (AvgIpc) is 2.93. The van der Waals surface area contributed by atoms with Crippen molar-refractivity contribution in [1.29, 1.82) is 0 Å². The SMILES string of the molecule is CCNC(c1cc(Br)cc2c1OCC2)C1CCCOC1. The van der Waals surface area contributed by atoms with Gasteiger partial charge in [-0.2, -0.15) is 0 Å². The van der Waals surface area contributed by atoms with Gasteiger partial charge in [-0.15, -0.1) is 0 Å². The predicted octanol–water partition coefficient (Wildman–Crippen LogP) is 3.46. The van der Waals surface area contributed by atoms with Crippen molar-refractivity contribution in [2.45, 2.75) is 32.2 Å². The van der Waals surface area contributed by atoms with E-state index in [-0.39, 0.29) is 0 Å². The molecule has 4 heteroatoms. The first-order chi connectivity index (χ1) is 9.79. The summed E-state index contributed by atoms with van der Waals surface area (Å²) in [5.41, 5.74) is 2.62. The molecule has 1 N–H and O–H groups in total. The summed E-state index contributed by atoms with van der Waals surface area (Å²) in [4.78, 5) is 0. The lowest BCUT2D eigenvalue weighted by molar-refractivity contribution is 0.0389. The fraction of sp³-hybridized carbons (Fsp3) is 0.625. The molecule has 110 valence electrons. The third kappa shape index (κ3) is 2.87. The van der Waals surface area contributed by atoms with Crippen LogP contribution in [0.1, 0.15) is 36.9 Å². The van der Waals surface area contributed by atoms with Gasteiger partial charge < -0.3 is 14.8 Å². The van der Waals surface area contributed by atoms with Gasteiger partial charge in [0.25, 0.3) is 0 Å². The highest BCUT2D eigenvalue weighted by atomic mass is 79.9. The molecule has 0 saturated carbocycles. The number of ether oxygens (including phenoxy) is 2. The Hall–Kier alpha value is -0.580. The van der Waals surface area contributed by atoms with Gasteiger partial charge in [-0.05, 0) is 37.1 Å². The van der Waals surface area contributed by atoms with E-state index in [0.29, 0.717) is 12.0 Å². The Balaban J connectivity index is 1.94. The van der Waals surface area contributed by atoms with Crippen molar-refractivity contribution >= 4 is 15.9 Å². The zero-order valence-corrected chi connectivity index (χ0v) is 13.5. The first-order valence-electron chi connectivity index (χ1n) is 7.56. The van der Waals surface area contributed by atoms with Gasteiger partial charge in [0, 0.05) is 35.0 Å². The van der Waals surface area contributed by atoms with Gasteiger partial charge in [-0.25, -0.2) is 0 Å². The lowest BCUT2D eigenvalue weighted by Gasteiger charge is -2.32. The zero-order valence-electron chi connectivity index (χ0n) is 12.0. The van der Waals surface area contributed by atoms with E-state index in [9.17, 15) is 0 Å². The van der Waals surface area contributed by atoms with Gasteiger partial charge in [0.05, 0.1) is 13.2 Å². The molecule has 20 heavy (non-hydrogen) atoms. The number of rotatable bonds is 4. The maximum atomic E-state index is 5.90. The maximum Gasteiger partial charge on any atom is 0.127 e. The Morgan fingerprint density at radius 3 is 3.05 bits per heavy atom. The molecule has 1 fully saturated rings. The van der Waals surface area contributed by atoms with E-state index in [4.69, 9.17) is 9.47 Å². The maximum absolute atomic E-state index is 5.90. The molecule has 1 aromatic carbocycles. The Kier molecular flexibility index (Phi) is 4.64. The van der Waals surface area contributed by atoms with Crippen molar-refractivity contribution in [3.63, 3.8) is 0 Å². The molecule has 0 spiro atoms. The van der Waals surface area contributed by atoms with Gasteiger partial charge in [0.1, 0.15) is 5.75 Å². The van der Waals surface area contributed by atoms with E-state index in [0.717, 1.165) is 49.4 Å². The number of nitrogens with one attached hydrogen (secondary N) is 1. The van der Waals surface area contributed by atoms with Crippen LogP contribution in [0.5, 0.6) is 5.75 Å². The van der Waals surface area contributed by atoms with Crippen molar-refractivity contribution in [2.24, 2.45) is 5.92 Å². The van der Waals surface area contributed by atoms with E-state index >= 15 is 0 Å². The molecule has 0 aromatic heterocycles. The van der Waals surface area contributed by atoms with Crippen LogP contribution in [-0.2, 0) is 11.2 Å². The molecule has 2 aliphatic rings. The van der Waals surface area contributed by atoms with Crippen LogP contribution in [0.3, 0.4) is 0 Å². The first kappa shape index (κ1) is 14.4. The average molecular weight is 340 g/mol. The molecule has 2 aliphatic heterocycles. The van der Waals surface area contributed by atoms with Gasteiger partial charge in [0.2, 0.25) is 0 Å². The Bertz CT molecular complexity index is 472. The van der Waals surface area contributed by atoms with E-state index < -0.39 is 0 Å². The normalized spacial score (nSPS) is 23.2. The number of hydrogen-bond donors (Lipinski definition) is 1. The van der Waals surface area contributed by atoms with E-state index in [1.54, 1.807) is 0 Å². The van der Waals surface area contributed by atoms with Crippen LogP contribution in [0.15, 0.2) is 16.6 Å². The Morgan fingerprint density at radius 1 is 1.40 bits per heavy atom. The molecule has 0 radical (unpaired) electrons. The molecule has 3 rings (SSSR count). The number of fused-ring (bicyclic) bond motifs is 1. The highest BCUT2D eigenvalue weighted by molar-refractivity contribution is 9.10. The van der Waals surface area contributed by atoms with Crippen LogP contribution >= 0.6 is 15.9 Å². The van der Waals surface area contributed by atoms with Gasteiger partial charge >= 0.3 is 0 Å². The number of benzene rings is 1. The highest BCUT2D eigenvalue weighted by Gasteiger charge is 2.30. The smallest absolute Gasteiger partial charge is 0.127 e. The van der Waals surface area contributed by atoms with Gasteiger partial charge in [-0.1, -0.05) is 22.9 Å². The summed E-state index contributed by atoms with van der Waals surface area (Å²) in [5, 5.41) is 3.64. The Labute approximate surface area is 129 Å². The summed E-state index contributed by atoms with van der Waals surface area (Å²) in [6, 6.07) is 4.72. The quantitative estimate of drug-likeness (QED) is 0.911. The third-order valence-electron chi connectivity index (χ3n) is 4.20. The first-order valence-corrected chi connectivity index (χ1v) is 8.35. The van der Waals surface area contributed by atoms with Crippen molar-refractivity contribution < 1.29 is 9.47 Å². The second-order valence-electron chi connectivity index (χ2n) is 5.59. The fourth-order valence-corrected chi connectivity index (χ4v) is 3.83. The van der Waals surface area contributed by atoms with Crippen LogP contribution in [0.4, 0.5) is 0 Å². The van der Waals surface area contributed by atoms with Gasteiger partial charge in [-0.3, -0.25) is 0 Å². The van der Waals surface area contributed by atoms with Crippen molar-refractivity contribution in [1.82, 2.24) is 5.32 Å². The van der Waals surface area contributed by atoms with Crippen molar-refractivity contribution in [3.8, 4) is 5.75 Å². The fourth-order valence-electron chi connectivity index (χ4n) is 3.31. The van der Waals surface area contributed by atoms with E-state index in [1.807, 2.05) is 0 Å². The minimum absolute atomic E-state index is 0.324. The summed E-state index contributed by atoms with van der Waals surface area (Å²) < 4.78 is 12.7. The summed E-state index contributed by atoms with van der Waals surface area (Å²) >= 11 is 3.64. The topological polar surface area (TPSA) is 30.5 Å². The summed E-state index contributed by atoms with van der Waals surface area (Å²) in [6.45, 7) is 5.68. The van der Waals surface area contributed by atoms with Crippen molar-refractivity contribution in [2.75, 3.05) is 26.4 Å². The zero-order chi connectivity index (χ0) is 13.9. The molecule has 1 saturated heterocycles. The lowest BCUT2D eigenvalue weighted by Crippen LogP contribution is -2.33. The van der Waals surface area contributed by atoms with Gasteiger partial charge in [0.15, 0.2) is 0 Å². The molecule has 0 aliphatic carbocycles.